The molecule has 0 aromatic heterocycles. The quantitative estimate of drug-likeness (QED) is 0.124. The van der Waals surface area contributed by atoms with Crippen molar-refractivity contribution >= 4 is 23.1 Å². The fourth-order valence-electron chi connectivity index (χ4n) is 6.03. The molecule has 0 N–H and O–H groups in total. The Morgan fingerprint density at radius 1 is 0.844 bits per heavy atom. The summed E-state index contributed by atoms with van der Waals surface area (Å²) in [7, 11) is 0. The molecule has 1 atom stereocenters. The number of benzene rings is 3. The van der Waals surface area contributed by atoms with Crippen molar-refractivity contribution < 1.29 is 33.3 Å². The second-order valence-corrected chi connectivity index (χ2v) is 11.9. The Bertz CT molecular complexity index is 1520. The number of fused-ring (bicyclic) bond motifs is 1. The number of piperidine rings is 1. The molecule has 2 aliphatic heterocycles. The van der Waals surface area contributed by atoms with Crippen LogP contribution in [0.2, 0.25) is 0 Å². The Morgan fingerprint density at radius 2 is 1.49 bits per heavy atom. The highest BCUT2D eigenvalue weighted by Crippen LogP contribution is 2.40. The van der Waals surface area contributed by atoms with Gasteiger partial charge in [0.2, 0.25) is 6.79 Å². The van der Waals surface area contributed by atoms with E-state index in [4.69, 9.17) is 23.7 Å². The summed E-state index contributed by atoms with van der Waals surface area (Å²) >= 11 is 0. The number of allylic oxidation sites excluding steroid dienone is 1. The molecule has 8 heteroatoms. The maximum Gasteiger partial charge on any atom is 0.314 e. The van der Waals surface area contributed by atoms with E-state index in [1.807, 2.05) is 48.5 Å². The van der Waals surface area contributed by atoms with Crippen LogP contribution in [0.25, 0.3) is 11.1 Å². The Balaban J connectivity index is 1.26. The predicted molar refractivity (Wildman–Crippen MR) is 171 cm³/mol. The van der Waals surface area contributed by atoms with Crippen LogP contribution in [0.5, 0.6) is 23.0 Å². The van der Waals surface area contributed by atoms with E-state index >= 15 is 0 Å². The first kappa shape index (κ1) is 30.7. The van der Waals surface area contributed by atoms with Gasteiger partial charge >= 0.3 is 11.9 Å². The lowest BCUT2D eigenvalue weighted by molar-refractivity contribution is -0.149. The van der Waals surface area contributed by atoms with Crippen LogP contribution in [0, 0.1) is 5.92 Å². The number of hydrogen-bond donors (Lipinski definition) is 0. The molecule has 0 bridgehead atoms. The lowest BCUT2D eigenvalue weighted by atomic mass is 9.88. The lowest BCUT2D eigenvalue weighted by Gasteiger charge is -2.30. The molecule has 3 aromatic rings. The maximum absolute atomic E-state index is 12.2. The monoisotopic (exact) mass is 611 g/mol. The van der Waals surface area contributed by atoms with Gasteiger partial charge in [-0.25, -0.2) is 0 Å². The minimum atomic E-state index is -0.332. The summed E-state index contributed by atoms with van der Waals surface area (Å²) in [5.41, 5.74) is 5.26. The Labute approximate surface area is 264 Å². The van der Waals surface area contributed by atoms with Crippen LogP contribution in [-0.2, 0) is 14.3 Å². The molecule has 0 radical (unpaired) electrons. The third kappa shape index (κ3) is 7.87. The lowest BCUT2D eigenvalue weighted by Crippen LogP contribution is -2.40. The molecule has 1 aliphatic carbocycles. The highest BCUT2D eigenvalue weighted by molar-refractivity contribution is 5.99. The zero-order chi connectivity index (χ0) is 31.2. The second-order valence-electron chi connectivity index (χ2n) is 11.9. The fourth-order valence-corrected chi connectivity index (χ4v) is 6.03. The maximum atomic E-state index is 12.2. The van der Waals surface area contributed by atoms with Crippen LogP contribution in [0.1, 0.15) is 69.1 Å². The van der Waals surface area contributed by atoms with Crippen LogP contribution < -0.4 is 18.9 Å². The van der Waals surface area contributed by atoms with Gasteiger partial charge in [-0.3, -0.25) is 14.5 Å². The number of ether oxygens (including phenoxy) is 5. The first-order valence-corrected chi connectivity index (χ1v) is 16.0. The van der Waals surface area contributed by atoms with E-state index in [2.05, 4.69) is 30.0 Å². The summed E-state index contributed by atoms with van der Waals surface area (Å²) in [5, 5.41) is 0. The summed E-state index contributed by atoms with van der Waals surface area (Å²) in [6.45, 7) is 6.81. The molecule has 1 saturated carbocycles. The summed E-state index contributed by atoms with van der Waals surface area (Å²) in [4.78, 5) is 26.4. The predicted octanol–water partition coefficient (Wildman–Crippen LogP) is 6.90. The van der Waals surface area contributed by atoms with E-state index in [1.165, 1.54) is 26.2 Å². The zero-order valence-corrected chi connectivity index (χ0v) is 26.1. The summed E-state index contributed by atoms with van der Waals surface area (Å²) < 4.78 is 28.6. The Kier molecular flexibility index (Phi) is 9.69. The average molecular weight is 612 g/mol. The number of carbonyl (C=O) groups excluding carboxylic acids is 2. The molecule has 2 heterocycles. The van der Waals surface area contributed by atoms with Crippen LogP contribution in [0.3, 0.4) is 0 Å². The number of hydrogen-bond acceptors (Lipinski definition) is 8. The molecule has 3 aliphatic rings. The van der Waals surface area contributed by atoms with Crippen molar-refractivity contribution in [3.8, 4) is 23.0 Å². The van der Waals surface area contributed by atoms with Crippen molar-refractivity contribution in [1.82, 2.24) is 4.90 Å². The van der Waals surface area contributed by atoms with Crippen molar-refractivity contribution in [2.24, 2.45) is 5.92 Å². The van der Waals surface area contributed by atoms with Gasteiger partial charge in [-0.2, -0.15) is 0 Å². The molecule has 45 heavy (non-hydrogen) atoms. The molecule has 0 amide bonds. The van der Waals surface area contributed by atoms with Gasteiger partial charge in [0.25, 0.3) is 0 Å². The molecular weight excluding hydrogens is 570 g/mol. The van der Waals surface area contributed by atoms with Crippen molar-refractivity contribution in [3.63, 3.8) is 0 Å². The van der Waals surface area contributed by atoms with Gasteiger partial charge in [0.1, 0.15) is 24.2 Å². The van der Waals surface area contributed by atoms with Crippen molar-refractivity contribution in [3.05, 3.63) is 83.4 Å². The van der Waals surface area contributed by atoms with Crippen LogP contribution in [0.4, 0.5) is 0 Å². The number of likely N-dealkylation sites (tertiary alicyclic amines) is 1. The molecule has 6 rings (SSSR count). The molecule has 0 spiro atoms. The van der Waals surface area contributed by atoms with Gasteiger partial charge in [0.15, 0.2) is 11.5 Å². The highest BCUT2D eigenvalue weighted by atomic mass is 16.7. The first-order valence-electron chi connectivity index (χ1n) is 16.0. The third-order valence-electron chi connectivity index (χ3n) is 8.47. The van der Waals surface area contributed by atoms with Gasteiger partial charge < -0.3 is 23.7 Å². The second kappa shape index (κ2) is 14.2. The molecule has 1 unspecified atom stereocenters. The zero-order valence-electron chi connectivity index (χ0n) is 26.1. The van der Waals surface area contributed by atoms with Crippen molar-refractivity contribution in [1.29, 1.82) is 0 Å². The van der Waals surface area contributed by atoms with Gasteiger partial charge in [-0.1, -0.05) is 43.7 Å². The van der Waals surface area contributed by atoms with Crippen LogP contribution in [0.15, 0.2) is 66.7 Å². The Morgan fingerprint density at radius 3 is 2.13 bits per heavy atom. The largest absolute Gasteiger partial charge is 0.490 e. The molecule has 3 aromatic carbocycles. The van der Waals surface area contributed by atoms with Crippen LogP contribution >= 0.6 is 0 Å². The Hall–Kier alpha value is -4.30. The summed E-state index contributed by atoms with van der Waals surface area (Å²) in [5.74, 6) is 2.31. The topological polar surface area (TPSA) is 83.5 Å². The fraction of sp³-hybridized carbons (Fsp3) is 0.405. The molecule has 2 fully saturated rings. The van der Waals surface area contributed by atoms with E-state index in [0.29, 0.717) is 18.0 Å². The summed E-state index contributed by atoms with van der Waals surface area (Å²) in [6.07, 6.45) is 5.84. The van der Waals surface area contributed by atoms with Crippen LogP contribution in [-0.4, -0.2) is 56.0 Å². The average Bonchev–Trinajstić information content (AvgIpc) is 3.81. The van der Waals surface area contributed by atoms with E-state index in [9.17, 15) is 9.59 Å². The van der Waals surface area contributed by atoms with E-state index in [0.717, 1.165) is 71.7 Å². The molecule has 1 saturated heterocycles. The smallest absolute Gasteiger partial charge is 0.314 e. The van der Waals surface area contributed by atoms with E-state index in [1.54, 1.807) is 0 Å². The van der Waals surface area contributed by atoms with Crippen molar-refractivity contribution in [2.45, 2.75) is 58.5 Å². The summed E-state index contributed by atoms with van der Waals surface area (Å²) in [6, 6.07) is 21.8. The van der Waals surface area contributed by atoms with Gasteiger partial charge in [0, 0.05) is 13.5 Å². The highest BCUT2D eigenvalue weighted by Gasteiger charge is 2.31. The standard InChI is InChI=1S/C37H41NO7/c1-3-33(29-13-18-34-35(21-29)43-24-42-34)36(27-11-16-31(17-12-27)45-37(40)28-7-8-28)26-9-14-30(15-10-26)41-23-32(44-25(2)39)22-38-19-5-4-6-20-38/h9-18,21,28,32H,3-8,19-20,22-24H2,1-2H3. The van der Waals surface area contributed by atoms with E-state index < -0.39 is 0 Å². The van der Waals surface area contributed by atoms with Gasteiger partial charge in [0.05, 0.1) is 5.92 Å². The minimum absolute atomic E-state index is 0.0349. The molecule has 236 valence electrons. The number of carbonyl (C=O) groups is 2. The minimum Gasteiger partial charge on any atom is -0.490 e. The SMILES string of the molecule is CCC(=C(c1ccc(OCC(CN2CCCCC2)OC(C)=O)cc1)c1ccc(OC(=O)C2CC2)cc1)c1ccc2c(c1)OCO2. The number of nitrogens with zero attached hydrogens (tertiary/aromatic N) is 1. The van der Waals surface area contributed by atoms with Gasteiger partial charge in [-0.15, -0.1) is 0 Å². The van der Waals surface area contributed by atoms with E-state index in [-0.39, 0.29) is 37.4 Å². The third-order valence-corrected chi connectivity index (χ3v) is 8.47. The van der Waals surface area contributed by atoms with Crippen molar-refractivity contribution in [2.75, 3.05) is 33.0 Å². The first-order chi connectivity index (χ1) is 22.0. The number of rotatable bonds is 12. The molecular formula is C37H41NO7. The number of esters is 2. The normalized spacial score (nSPS) is 17.3. The van der Waals surface area contributed by atoms with Gasteiger partial charge in [-0.05, 0) is 109 Å². The molecule has 8 nitrogen and oxygen atoms in total.